The Hall–Kier alpha value is -5.36. The summed E-state index contributed by atoms with van der Waals surface area (Å²) >= 11 is 0. The summed E-state index contributed by atoms with van der Waals surface area (Å²) in [5.74, 6) is 0.659. The molecule has 1 aromatic carbocycles. The lowest BCUT2D eigenvalue weighted by Gasteiger charge is -2.12. The molecule has 4 rings (SSSR count). The molecule has 3 aromatic heterocycles. The Balaban J connectivity index is 1.74. The molecular weight excluding hydrogens is 420 g/mol. The monoisotopic (exact) mass is 436 g/mol. The van der Waals surface area contributed by atoms with Crippen LogP contribution in [0.5, 0.6) is 0 Å². The molecule has 0 amide bonds. The van der Waals surface area contributed by atoms with Crippen LogP contribution in [0.2, 0.25) is 0 Å². The van der Waals surface area contributed by atoms with Gasteiger partial charge in [0.25, 0.3) is 5.95 Å². The molecule has 5 N–H and O–H groups in total. The highest BCUT2D eigenvalue weighted by atomic mass is 15.4. The van der Waals surface area contributed by atoms with Crippen LogP contribution >= 0.6 is 0 Å². The first-order valence-electron chi connectivity index (χ1n) is 9.51. The summed E-state index contributed by atoms with van der Waals surface area (Å²) in [6.07, 6.45) is 4.41. The minimum absolute atomic E-state index is 0.0497. The van der Waals surface area contributed by atoms with Gasteiger partial charge in [-0.25, -0.2) is 15.0 Å². The maximum absolute atomic E-state index is 9.73. The SMILES string of the molecule is Cc1c(C#N)c(Nc2ccc(N)cc2)nc(N)c1/N=N/c1c(C#N)cnn1-c1ncccn1. The number of pyridine rings is 1. The van der Waals surface area contributed by atoms with Crippen LogP contribution in [0, 0.1) is 29.6 Å². The molecule has 0 saturated carbocycles. The van der Waals surface area contributed by atoms with Crippen molar-refractivity contribution < 1.29 is 0 Å². The highest BCUT2D eigenvalue weighted by Crippen LogP contribution is 2.34. The van der Waals surface area contributed by atoms with E-state index in [1.54, 1.807) is 37.3 Å². The van der Waals surface area contributed by atoms with Gasteiger partial charge < -0.3 is 16.8 Å². The molecule has 0 spiro atoms. The number of nitrogens with one attached hydrogen (secondary N) is 1. The van der Waals surface area contributed by atoms with Gasteiger partial charge in [0.05, 0.1) is 11.8 Å². The summed E-state index contributed by atoms with van der Waals surface area (Å²) in [6.45, 7) is 1.68. The summed E-state index contributed by atoms with van der Waals surface area (Å²) < 4.78 is 1.28. The van der Waals surface area contributed by atoms with Crippen LogP contribution < -0.4 is 16.8 Å². The number of nitrogens with two attached hydrogens (primary N) is 2. The third-order valence-corrected chi connectivity index (χ3v) is 4.58. The van der Waals surface area contributed by atoms with E-state index >= 15 is 0 Å². The third-order valence-electron chi connectivity index (χ3n) is 4.58. The molecule has 33 heavy (non-hydrogen) atoms. The highest BCUT2D eigenvalue weighted by molar-refractivity contribution is 5.75. The first kappa shape index (κ1) is 20.9. The zero-order valence-electron chi connectivity index (χ0n) is 17.3. The first-order valence-corrected chi connectivity index (χ1v) is 9.51. The molecule has 0 radical (unpaired) electrons. The smallest absolute Gasteiger partial charge is 0.252 e. The molecule has 0 aliphatic rings. The van der Waals surface area contributed by atoms with E-state index in [1.807, 2.05) is 6.07 Å². The summed E-state index contributed by atoms with van der Waals surface area (Å²) in [5, 5.41) is 34.7. The molecule has 4 aromatic rings. The van der Waals surface area contributed by atoms with Gasteiger partial charge in [-0.15, -0.1) is 10.2 Å². The Kier molecular flexibility index (Phi) is 5.56. The van der Waals surface area contributed by atoms with Gasteiger partial charge in [-0.2, -0.15) is 20.3 Å². The lowest BCUT2D eigenvalue weighted by Crippen LogP contribution is -2.03. The standard InChI is InChI=1S/C21H16N12/c1-12-16(10-23)19(29-15-5-3-14(24)4-6-15)30-18(25)17(12)31-32-20-13(9-22)11-28-33(20)21-26-7-2-8-27-21/h2-8,11H,24H2,1H3,(H3,25,29,30)/b32-31+. The Bertz CT molecular complexity index is 1420. The van der Waals surface area contributed by atoms with Crippen molar-refractivity contribution >= 4 is 34.5 Å². The van der Waals surface area contributed by atoms with Gasteiger partial charge in [0.1, 0.15) is 23.4 Å². The zero-order chi connectivity index (χ0) is 23.4. The van der Waals surface area contributed by atoms with E-state index in [1.165, 1.54) is 23.3 Å². The van der Waals surface area contributed by atoms with Crippen LogP contribution in [-0.2, 0) is 0 Å². The van der Waals surface area contributed by atoms with E-state index in [2.05, 4.69) is 41.7 Å². The number of hydrogen-bond acceptors (Lipinski definition) is 11. The molecule has 0 saturated heterocycles. The lowest BCUT2D eigenvalue weighted by atomic mass is 10.1. The van der Waals surface area contributed by atoms with E-state index in [4.69, 9.17) is 11.5 Å². The Morgan fingerprint density at radius 3 is 2.42 bits per heavy atom. The van der Waals surface area contributed by atoms with E-state index in [-0.39, 0.29) is 40.2 Å². The fourth-order valence-electron chi connectivity index (χ4n) is 2.94. The second-order valence-electron chi connectivity index (χ2n) is 6.71. The van der Waals surface area contributed by atoms with Gasteiger partial charge in [0.15, 0.2) is 17.5 Å². The second kappa shape index (κ2) is 8.79. The van der Waals surface area contributed by atoms with Crippen molar-refractivity contribution in [3.8, 4) is 18.1 Å². The molecule has 0 aliphatic carbocycles. The lowest BCUT2D eigenvalue weighted by molar-refractivity contribution is 0.803. The van der Waals surface area contributed by atoms with Crippen molar-refractivity contribution in [1.29, 1.82) is 10.5 Å². The van der Waals surface area contributed by atoms with Crippen LogP contribution in [0.1, 0.15) is 16.7 Å². The van der Waals surface area contributed by atoms with E-state index < -0.39 is 0 Å². The number of benzene rings is 1. The summed E-state index contributed by atoms with van der Waals surface area (Å²) in [7, 11) is 0. The number of nitrogen functional groups attached to an aromatic ring is 2. The van der Waals surface area contributed by atoms with Crippen molar-refractivity contribution in [1.82, 2.24) is 24.7 Å². The van der Waals surface area contributed by atoms with E-state index in [0.717, 1.165) is 0 Å². The van der Waals surface area contributed by atoms with Crippen molar-refractivity contribution in [3.63, 3.8) is 0 Å². The maximum atomic E-state index is 9.73. The van der Waals surface area contributed by atoms with Crippen molar-refractivity contribution in [2.45, 2.75) is 6.92 Å². The average Bonchev–Trinajstić information content (AvgIpc) is 3.24. The molecular formula is C21H16N12. The van der Waals surface area contributed by atoms with Gasteiger partial charge in [-0.1, -0.05) is 0 Å². The summed E-state index contributed by atoms with van der Waals surface area (Å²) in [4.78, 5) is 12.5. The second-order valence-corrected chi connectivity index (χ2v) is 6.71. The van der Waals surface area contributed by atoms with Crippen LogP contribution in [0.15, 0.2) is 59.2 Å². The first-order chi connectivity index (χ1) is 16.0. The normalized spacial score (nSPS) is 10.6. The number of aromatic nitrogens is 5. The average molecular weight is 436 g/mol. The third kappa shape index (κ3) is 4.12. The minimum Gasteiger partial charge on any atom is -0.399 e. The number of hydrogen-bond donors (Lipinski definition) is 3. The number of nitriles is 2. The molecule has 12 nitrogen and oxygen atoms in total. The van der Waals surface area contributed by atoms with Gasteiger partial charge in [0.2, 0.25) is 0 Å². The molecule has 3 heterocycles. The number of anilines is 4. The Morgan fingerprint density at radius 2 is 1.76 bits per heavy atom. The Labute approximate surface area is 187 Å². The minimum atomic E-state index is 0.0497. The molecule has 12 heteroatoms. The van der Waals surface area contributed by atoms with Gasteiger partial charge in [-0.05, 0) is 37.3 Å². The van der Waals surface area contributed by atoms with Crippen LogP contribution in [0.25, 0.3) is 5.95 Å². The number of rotatable bonds is 5. The van der Waals surface area contributed by atoms with Crippen LogP contribution in [-0.4, -0.2) is 24.7 Å². The fraction of sp³-hybridized carbons (Fsp3) is 0.0476. The number of azo groups is 1. The summed E-state index contributed by atoms with van der Waals surface area (Å²) in [6, 6.07) is 12.7. The van der Waals surface area contributed by atoms with Gasteiger partial charge in [-0.3, -0.25) is 0 Å². The molecule has 0 atom stereocenters. The van der Waals surface area contributed by atoms with Gasteiger partial charge in [0, 0.05) is 29.3 Å². The highest BCUT2D eigenvalue weighted by Gasteiger charge is 2.18. The molecule has 0 unspecified atom stereocenters. The predicted octanol–water partition coefficient (Wildman–Crippen LogP) is 3.43. The zero-order valence-corrected chi connectivity index (χ0v) is 17.3. The van der Waals surface area contributed by atoms with Gasteiger partial charge >= 0.3 is 0 Å². The molecule has 0 bridgehead atoms. The predicted molar refractivity (Wildman–Crippen MR) is 120 cm³/mol. The van der Waals surface area contributed by atoms with Crippen LogP contribution in [0.4, 0.5) is 34.5 Å². The van der Waals surface area contributed by atoms with E-state index in [0.29, 0.717) is 16.9 Å². The topological polar surface area (TPSA) is 193 Å². The van der Waals surface area contributed by atoms with Crippen molar-refractivity contribution in [3.05, 3.63) is 65.6 Å². The van der Waals surface area contributed by atoms with Crippen molar-refractivity contribution in [2.75, 3.05) is 16.8 Å². The summed E-state index contributed by atoms with van der Waals surface area (Å²) in [5.41, 5.74) is 14.2. The Morgan fingerprint density at radius 1 is 1.03 bits per heavy atom. The quantitative estimate of drug-likeness (QED) is 0.310. The molecule has 0 fully saturated rings. The fourth-order valence-corrected chi connectivity index (χ4v) is 2.94. The maximum Gasteiger partial charge on any atom is 0.252 e. The molecule has 0 aliphatic heterocycles. The number of nitrogens with zero attached hydrogens (tertiary/aromatic N) is 9. The van der Waals surface area contributed by atoms with E-state index in [9.17, 15) is 10.5 Å². The largest absolute Gasteiger partial charge is 0.399 e. The van der Waals surface area contributed by atoms with Crippen molar-refractivity contribution in [2.24, 2.45) is 10.2 Å². The molecule has 160 valence electrons. The van der Waals surface area contributed by atoms with Crippen LogP contribution in [0.3, 0.4) is 0 Å².